The summed E-state index contributed by atoms with van der Waals surface area (Å²) in [4.78, 5) is 39.1. The van der Waals surface area contributed by atoms with Crippen LogP contribution >= 0.6 is 0 Å². The maximum Gasteiger partial charge on any atom is 0.422 e. The van der Waals surface area contributed by atoms with Gasteiger partial charge in [0.2, 0.25) is 35.3 Å². The van der Waals surface area contributed by atoms with E-state index < -0.39 is 12.8 Å². The minimum absolute atomic E-state index is 0.0187. The molecule has 0 unspecified atom stereocenters. The van der Waals surface area contributed by atoms with Gasteiger partial charge in [-0.05, 0) is 113 Å². The van der Waals surface area contributed by atoms with Gasteiger partial charge in [0.1, 0.15) is 31.5 Å². The number of alkyl halides is 3. The van der Waals surface area contributed by atoms with Crippen LogP contribution < -0.4 is 38.2 Å². The standard InChI is InChI=1S/C11H16N2O2.2C10H14N2.C8H11NO2.C8H11NO.C7H6F3NO.C7H9NO2.C6H7NO/c1-2-4-12-11(3-1)15-10-7-13-5-8-14-9-6-13;2*1-4-8-12(9-5-1)10-6-2-3-7-11-10;1-10-6-7-11-8-4-2-3-5-9-8;1-7(2)10-8-5-3-4-6-9-8;8-7(9,10)5-12-6-3-1-2-4-11-6;9-5-6-10-7-3-1-2-4-8-7;1-8-6-4-2-3-5-7-6/h1-4H,5-10H2;2*2-3,6-7H,1,4-5,8-9H2;2-5H,6-7H2,1H3;3-7H,1-2H3;1-4H,5H2;1-4,9H,5-6H2;2-5H,1H3. The molecule has 20 nitrogen and oxygen atoms in total. The molecule has 3 fully saturated rings. The Morgan fingerprint density at radius 3 is 1.13 bits per heavy atom. The second-order valence-corrected chi connectivity index (χ2v) is 19.5. The average molecular weight is 1250 g/mol. The number of anilines is 2. The second-order valence-electron chi connectivity index (χ2n) is 19.5. The molecule has 11 rings (SSSR count). The van der Waals surface area contributed by atoms with Crippen molar-refractivity contribution in [2.45, 2.75) is 64.7 Å². The Balaban J connectivity index is 0.000000221. The Morgan fingerprint density at radius 2 is 0.800 bits per heavy atom. The van der Waals surface area contributed by atoms with Crippen LogP contribution in [0.3, 0.4) is 0 Å². The van der Waals surface area contributed by atoms with E-state index in [4.69, 9.17) is 38.3 Å². The van der Waals surface area contributed by atoms with Crippen molar-refractivity contribution in [3.05, 3.63) is 195 Å². The Bertz CT molecular complexity index is 2800. The summed E-state index contributed by atoms with van der Waals surface area (Å²) < 4.78 is 75.0. The molecule has 8 aromatic rings. The molecular formula is C67H88F3N11O9. The van der Waals surface area contributed by atoms with Gasteiger partial charge in [-0.15, -0.1) is 0 Å². The average Bonchev–Trinajstić information content (AvgIpc) is 3.80. The Kier molecular flexibility index (Phi) is 39.5. The van der Waals surface area contributed by atoms with Gasteiger partial charge in [-0.25, -0.2) is 39.9 Å². The third kappa shape index (κ3) is 37.2. The number of halogens is 3. The zero-order valence-corrected chi connectivity index (χ0v) is 52.2. The molecule has 0 radical (unpaired) electrons. The van der Waals surface area contributed by atoms with Gasteiger partial charge in [0.05, 0.1) is 39.6 Å². The monoisotopic (exact) mass is 1250 g/mol. The molecular weight excluding hydrogens is 1160 g/mol. The van der Waals surface area contributed by atoms with Crippen molar-refractivity contribution in [1.82, 2.24) is 44.8 Å². The molecule has 0 aromatic carbocycles. The predicted octanol–water partition coefficient (Wildman–Crippen LogP) is 11.5. The highest BCUT2D eigenvalue weighted by Crippen LogP contribution is 2.19. The second kappa shape index (κ2) is 48.2. The van der Waals surface area contributed by atoms with E-state index in [-0.39, 0.29) is 18.6 Å². The van der Waals surface area contributed by atoms with E-state index in [0.29, 0.717) is 55.8 Å². The van der Waals surface area contributed by atoms with Gasteiger partial charge in [0, 0.05) is 139 Å². The maximum absolute atomic E-state index is 11.6. The number of aromatic nitrogens is 8. The lowest BCUT2D eigenvalue weighted by Gasteiger charge is -2.27. The van der Waals surface area contributed by atoms with Crippen molar-refractivity contribution in [2.24, 2.45) is 0 Å². The fourth-order valence-corrected chi connectivity index (χ4v) is 7.82. The van der Waals surface area contributed by atoms with E-state index in [2.05, 4.69) is 83.6 Å². The number of nitrogens with zero attached hydrogens (tertiary/aromatic N) is 11. The SMILES string of the molecule is CC(C)Oc1ccccn1.COCCOc1ccccn1.COc1ccccn1.FC(F)(F)COc1ccccn1.OCCOc1ccccn1.c1ccc(N2CCCCC2)nc1.c1ccc(N2CCCCC2)nc1.c1ccc(OCCN2CCOCC2)nc1. The minimum Gasteiger partial charge on any atom is -0.481 e. The van der Waals surface area contributed by atoms with Gasteiger partial charge in [0.25, 0.3) is 0 Å². The lowest BCUT2D eigenvalue weighted by molar-refractivity contribution is -0.154. The van der Waals surface area contributed by atoms with E-state index in [1.165, 1.54) is 77.0 Å². The smallest absolute Gasteiger partial charge is 0.422 e. The molecule has 0 spiro atoms. The normalized spacial score (nSPS) is 13.3. The van der Waals surface area contributed by atoms with Crippen LogP contribution in [0, 0.1) is 0 Å². The van der Waals surface area contributed by atoms with Gasteiger partial charge < -0.3 is 52.8 Å². The van der Waals surface area contributed by atoms with Crippen molar-refractivity contribution in [3.63, 3.8) is 0 Å². The number of aliphatic hydroxyl groups excluding tert-OH is 1. The van der Waals surface area contributed by atoms with Crippen LogP contribution in [-0.2, 0) is 9.47 Å². The molecule has 0 aliphatic carbocycles. The Morgan fingerprint density at radius 1 is 0.433 bits per heavy atom. The van der Waals surface area contributed by atoms with E-state index in [0.717, 1.165) is 44.5 Å². The van der Waals surface area contributed by atoms with Crippen molar-refractivity contribution >= 4 is 11.6 Å². The molecule has 486 valence electrons. The summed E-state index contributed by atoms with van der Waals surface area (Å²) in [5.41, 5.74) is 0. The molecule has 0 bridgehead atoms. The number of piperidine rings is 2. The highest BCUT2D eigenvalue weighted by atomic mass is 19.4. The number of rotatable bonds is 18. The van der Waals surface area contributed by atoms with Crippen molar-refractivity contribution in [2.75, 3.05) is 123 Å². The highest BCUT2D eigenvalue weighted by molar-refractivity contribution is 5.38. The predicted molar refractivity (Wildman–Crippen MR) is 343 cm³/mol. The number of ether oxygens (including phenoxy) is 8. The number of hydrogen-bond donors (Lipinski definition) is 1. The van der Waals surface area contributed by atoms with Crippen LogP contribution in [0.25, 0.3) is 0 Å². The molecule has 23 heteroatoms. The lowest BCUT2D eigenvalue weighted by Crippen LogP contribution is -2.38. The number of methoxy groups -OCH3 is 2. The molecule has 3 aliphatic rings. The van der Waals surface area contributed by atoms with Gasteiger partial charge in [0.15, 0.2) is 6.61 Å². The van der Waals surface area contributed by atoms with Crippen LogP contribution in [0.15, 0.2) is 195 Å². The Hall–Kier alpha value is -8.77. The first-order valence-electron chi connectivity index (χ1n) is 30.0. The van der Waals surface area contributed by atoms with Crippen molar-refractivity contribution in [1.29, 1.82) is 0 Å². The number of morpholine rings is 1. The third-order valence-corrected chi connectivity index (χ3v) is 12.1. The zero-order valence-electron chi connectivity index (χ0n) is 52.2. The number of hydrogen-bond acceptors (Lipinski definition) is 20. The summed E-state index contributed by atoms with van der Waals surface area (Å²) >= 11 is 0. The van der Waals surface area contributed by atoms with Gasteiger partial charge in [-0.1, -0.05) is 48.5 Å². The molecule has 3 saturated heterocycles. The topological polar surface area (TPSA) is 207 Å². The summed E-state index contributed by atoms with van der Waals surface area (Å²) in [6, 6.07) is 44.5. The van der Waals surface area contributed by atoms with Crippen LogP contribution in [0.4, 0.5) is 24.8 Å². The van der Waals surface area contributed by atoms with Crippen molar-refractivity contribution < 1.29 is 56.2 Å². The fourth-order valence-electron chi connectivity index (χ4n) is 7.82. The van der Waals surface area contributed by atoms with E-state index in [1.807, 2.05) is 117 Å². The highest BCUT2D eigenvalue weighted by Gasteiger charge is 2.28. The molecule has 0 saturated carbocycles. The molecule has 90 heavy (non-hydrogen) atoms. The summed E-state index contributed by atoms with van der Waals surface area (Å²) in [5, 5.41) is 8.37. The Labute approximate surface area is 528 Å². The summed E-state index contributed by atoms with van der Waals surface area (Å²) in [7, 11) is 3.24. The quantitative estimate of drug-likeness (QED) is 0.0793. The summed E-state index contributed by atoms with van der Waals surface area (Å²) in [6.45, 7) is 14.2. The number of pyridine rings is 8. The first kappa shape index (κ1) is 73.7. The van der Waals surface area contributed by atoms with Crippen molar-refractivity contribution in [3.8, 4) is 35.3 Å². The van der Waals surface area contributed by atoms with Crippen LogP contribution in [-0.4, -0.2) is 175 Å². The largest absolute Gasteiger partial charge is 0.481 e. The molecule has 0 atom stereocenters. The van der Waals surface area contributed by atoms with Gasteiger partial charge in [-0.2, -0.15) is 13.2 Å². The zero-order chi connectivity index (χ0) is 64.2. The fraction of sp³-hybridized carbons (Fsp3) is 0.403. The summed E-state index contributed by atoms with van der Waals surface area (Å²) in [6.07, 6.45) is 17.5. The minimum atomic E-state index is -4.31. The first-order chi connectivity index (χ1) is 44.0. The molecule has 3 aliphatic heterocycles. The third-order valence-electron chi connectivity index (χ3n) is 12.1. The van der Waals surface area contributed by atoms with Crippen LogP contribution in [0.1, 0.15) is 52.4 Å². The van der Waals surface area contributed by atoms with E-state index >= 15 is 0 Å². The van der Waals surface area contributed by atoms with Crippen LogP contribution in [0.2, 0.25) is 0 Å². The molecule has 1 N–H and O–H groups in total. The summed E-state index contributed by atoms with van der Waals surface area (Å²) in [5.74, 6) is 5.50. The lowest BCUT2D eigenvalue weighted by atomic mass is 10.1. The van der Waals surface area contributed by atoms with Gasteiger partial charge >= 0.3 is 6.18 Å². The van der Waals surface area contributed by atoms with Crippen LogP contribution in [0.5, 0.6) is 35.3 Å². The molecule has 0 amide bonds. The van der Waals surface area contributed by atoms with E-state index in [9.17, 15) is 13.2 Å². The molecule has 8 aromatic heterocycles. The maximum atomic E-state index is 11.6. The number of aliphatic hydroxyl groups is 1. The molecule has 11 heterocycles. The van der Waals surface area contributed by atoms with E-state index in [1.54, 1.807) is 69.5 Å². The first-order valence-corrected chi connectivity index (χ1v) is 30.0. The van der Waals surface area contributed by atoms with Gasteiger partial charge in [-0.3, -0.25) is 4.90 Å².